The van der Waals surface area contributed by atoms with E-state index in [1.807, 2.05) is 25.1 Å². The zero-order valence-corrected chi connectivity index (χ0v) is 11.7. The molecule has 1 fully saturated rings. The van der Waals surface area contributed by atoms with E-state index in [1.54, 1.807) is 6.07 Å². The number of nitrogens with one attached hydrogen (secondary N) is 1. The van der Waals surface area contributed by atoms with Crippen LogP contribution in [0.3, 0.4) is 0 Å². The highest BCUT2D eigenvalue weighted by Gasteiger charge is 2.38. The predicted molar refractivity (Wildman–Crippen MR) is 72.9 cm³/mol. The Kier molecular flexibility index (Phi) is 4.44. The molecule has 2 unspecified atom stereocenters. The fourth-order valence-electron chi connectivity index (χ4n) is 2.10. The lowest BCUT2D eigenvalue weighted by Gasteiger charge is -2.18. The third kappa shape index (κ3) is 3.68. The van der Waals surface area contributed by atoms with Crippen LogP contribution in [0.5, 0.6) is 5.75 Å². The number of ether oxygens (including phenoxy) is 1. The Bertz CT molecular complexity index is 529. The molecule has 2 atom stereocenters. The molecule has 0 aromatic heterocycles. The molecule has 0 amide bonds. The Labute approximate surface area is 113 Å². The zero-order valence-electron chi connectivity index (χ0n) is 10.9. The quantitative estimate of drug-likeness (QED) is 0.815. The minimum atomic E-state index is -3.19. The van der Waals surface area contributed by atoms with Crippen LogP contribution in [0.25, 0.3) is 0 Å². The largest absolute Gasteiger partial charge is 0.486 e. The van der Waals surface area contributed by atoms with Gasteiger partial charge < -0.3 is 15.2 Å². The van der Waals surface area contributed by atoms with Gasteiger partial charge in [-0.15, -0.1) is 0 Å². The summed E-state index contributed by atoms with van der Waals surface area (Å²) in [6, 6.07) is 7.46. The topological polar surface area (TPSA) is 75.6 Å². The molecule has 106 valence electrons. The van der Waals surface area contributed by atoms with Crippen LogP contribution >= 0.6 is 0 Å². The summed E-state index contributed by atoms with van der Waals surface area (Å²) in [5, 5.41) is 12.9. The van der Waals surface area contributed by atoms with E-state index < -0.39 is 22.0 Å². The van der Waals surface area contributed by atoms with Gasteiger partial charge in [0.05, 0.1) is 11.5 Å². The molecule has 1 aliphatic rings. The number of aliphatic hydroxyl groups is 1. The summed E-state index contributed by atoms with van der Waals surface area (Å²) in [6.07, 6.45) is -1.62. The number of hydrogen-bond acceptors (Lipinski definition) is 5. The summed E-state index contributed by atoms with van der Waals surface area (Å²) in [4.78, 5) is 0. The maximum atomic E-state index is 11.4. The van der Waals surface area contributed by atoms with Crippen molar-refractivity contribution < 1.29 is 18.3 Å². The van der Waals surface area contributed by atoms with Gasteiger partial charge in [0.25, 0.3) is 0 Å². The maximum Gasteiger partial charge on any atom is 0.156 e. The first-order valence-corrected chi connectivity index (χ1v) is 8.18. The van der Waals surface area contributed by atoms with Gasteiger partial charge in [-0.05, 0) is 12.6 Å². The molecule has 1 heterocycles. The molecule has 2 rings (SSSR count). The van der Waals surface area contributed by atoms with Gasteiger partial charge in [0.15, 0.2) is 9.84 Å². The molecule has 0 aliphatic carbocycles. The fourth-order valence-corrected chi connectivity index (χ4v) is 3.76. The monoisotopic (exact) mass is 285 g/mol. The van der Waals surface area contributed by atoms with Crippen LogP contribution < -0.4 is 10.1 Å². The first-order chi connectivity index (χ1) is 9.02. The van der Waals surface area contributed by atoms with Crippen LogP contribution in [0.4, 0.5) is 0 Å². The van der Waals surface area contributed by atoms with Gasteiger partial charge >= 0.3 is 0 Å². The van der Waals surface area contributed by atoms with Crippen molar-refractivity contribution in [2.45, 2.75) is 25.7 Å². The second-order valence-corrected chi connectivity index (χ2v) is 6.84. The molecular weight excluding hydrogens is 266 g/mol. The Hall–Kier alpha value is -1.11. The molecule has 0 radical (unpaired) electrons. The molecule has 1 saturated heterocycles. The van der Waals surface area contributed by atoms with Gasteiger partial charge in [0, 0.05) is 12.1 Å². The van der Waals surface area contributed by atoms with Crippen molar-refractivity contribution in [2.75, 3.05) is 18.1 Å². The lowest BCUT2D eigenvalue weighted by atomic mass is 10.2. The Morgan fingerprint density at radius 2 is 2.11 bits per heavy atom. The normalized spacial score (nSPS) is 25.4. The summed E-state index contributed by atoms with van der Waals surface area (Å²) in [5.74, 6) is 0.293. The molecule has 2 N–H and O–H groups in total. The van der Waals surface area contributed by atoms with Crippen molar-refractivity contribution in [2.24, 2.45) is 0 Å². The molecular formula is C13H19NO4S. The minimum Gasteiger partial charge on any atom is -0.486 e. The van der Waals surface area contributed by atoms with Crippen molar-refractivity contribution in [1.82, 2.24) is 5.32 Å². The predicted octanol–water partition coefficient (Wildman–Crippen LogP) is 0.333. The molecule has 1 aromatic carbocycles. The summed E-state index contributed by atoms with van der Waals surface area (Å²) in [5.41, 5.74) is 0.959. The average Bonchev–Trinajstić information content (AvgIpc) is 2.61. The van der Waals surface area contributed by atoms with E-state index in [4.69, 9.17) is 4.74 Å². The second kappa shape index (κ2) is 5.90. The molecule has 0 spiro atoms. The Morgan fingerprint density at radius 1 is 1.37 bits per heavy atom. The van der Waals surface area contributed by atoms with E-state index in [0.29, 0.717) is 12.3 Å². The van der Waals surface area contributed by atoms with Gasteiger partial charge in [-0.1, -0.05) is 25.1 Å². The highest BCUT2D eigenvalue weighted by atomic mass is 32.2. The third-order valence-corrected chi connectivity index (χ3v) is 4.77. The lowest BCUT2D eigenvalue weighted by molar-refractivity contribution is 0.0731. The number of sulfone groups is 1. The number of aliphatic hydroxyl groups excluding tert-OH is 1. The highest BCUT2D eigenvalue weighted by Crippen LogP contribution is 2.23. The van der Waals surface area contributed by atoms with Crippen LogP contribution in [0, 0.1) is 0 Å². The van der Waals surface area contributed by atoms with Crippen LogP contribution in [0.15, 0.2) is 24.3 Å². The van der Waals surface area contributed by atoms with Gasteiger partial charge in [0.2, 0.25) is 0 Å². The first kappa shape index (κ1) is 14.3. The standard InChI is InChI=1S/C13H19NO4S/c1-2-14-7-10-5-3-4-6-12(10)18-13-9-19(16,17)8-11(13)15/h3-6,11,13-15H,2,7-9H2,1H3. The van der Waals surface area contributed by atoms with Crippen molar-refractivity contribution in [3.8, 4) is 5.75 Å². The van der Waals surface area contributed by atoms with E-state index in [9.17, 15) is 13.5 Å². The van der Waals surface area contributed by atoms with Crippen molar-refractivity contribution in [1.29, 1.82) is 0 Å². The molecule has 0 saturated carbocycles. The van der Waals surface area contributed by atoms with Crippen LogP contribution in [0.1, 0.15) is 12.5 Å². The minimum absolute atomic E-state index is 0.121. The number of rotatable bonds is 5. The second-order valence-electron chi connectivity index (χ2n) is 4.69. The van der Waals surface area contributed by atoms with Gasteiger partial charge in [-0.3, -0.25) is 0 Å². The molecule has 19 heavy (non-hydrogen) atoms. The molecule has 6 heteroatoms. The summed E-state index contributed by atoms with van der Waals surface area (Å²) in [6.45, 7) is 3.51. The van der Waals surface area contributed by atoms with Gasteiger partial charge in [-0.2, -0.15) is 0 Å². The highest BCUT2D eigenvalue weighted by molar-refractivity contribution is 7.91. The SMILES string of the molecule is CCNCc1ccccc1OC1CS(=O)(=O)CC1O. The molecule has 1 aromatic rings. The molecule has 1 aliphatic heterocycles. The van der Waals surface area contributed by atoms with Crippen LogP contribution in [-0.2, 0) is 16.4 Å². The van der Waals surface area contributed by atoms with Crippen LogP contribution in [-0.4, -0.2) is 43.8 Å². The van der Waals surface area contributed by atoms with Crippen molar-refractivity contribution in [3.63, 3.8) is 0 Å². The number of hydrogen-bond donors (Lipinski definition) is 2. The van der Waals surface area contributed by atoms with E-state index in [1.165, 1.54) is 0 Å². The van der Waals surface area contributed by atoms with Crippen LogP contribution in [0.2, 0.25) is 0 Å². The first-order valence-electron chi connectivity index (χ1n) is 6.35. The number of para-hydroxylation sites is 1. The Morgan fingerprint density at radius 3 is 2.74 bits per heavy atom. The van der Waals surface area contributed by atoms with E-state index in [0.717, 1.165) is 12.1 Å². The molecule has 0 bridgehead atoms. The van der Waals surface area contributed by atoms with E-state index in [2.05, 4.69) is 5.32 Å². The maximum absolute atomic E-state index is 11.4. The lowest BCUT2D eigenvalue weighted by Crippen LogP contribution is -2.30. The Balaban J connectivity index is 2.11. The fraction of sp³-hybridized carbons (Fsp3) is 0.538. The average molecular weight is 285 g/mol. The van der Waals surface area contributed by atoms with Gasteiger partial charge in [0.1, 0.15) is 18.0 Å². The zero-order chi connectivity index (χ0) is 13.9. The number of benzene rings is 1. The third-order valence-electron chi connectivity index (χ3n) is 3.09. The molecule has 5 nitrogen and oxygen atoms in total. The van der Waals surface area contributed by atoms with E-state index >= 15 is 0 Å². The van der Waals surface area contributed by atoms with Crippen molar-refractivity contribution in [3.05, 3.63) is 29.8 Å². The smallest absolute Gasteiger partial charge is 0.156 e. The summed E-state index contributed by atoms with van der Waals surface area (Å²) in [7, 11) is -3.19. The van der Waals surface area contributed by atoms with Gasteiger partial charge in [-0.25, -0.2) is 8.42 Å². The van der Waals surface area contributed by atoms with E-state index in [-0.39, 0.29) is 11.5 Å². The summed E-state index contributed by atoms with van der Waals surface area (Å²) < 4.78 is 28.6. The van der Waals surface area contributed by atoms with Crippen molar-refractivity contribution >= 4 is 9.84 Å². The summed E-state index contributed by atoms with van der Waals surface area (Å²) >= 11 is 0.